The van der Waals surface area contributed by atoms with Crippen LogP contribution in [0.25, 0.3) is 0 Å². The number of quaternary nitrogens is 1. The summed E-state index contributed by atoms with van der Waals surface area (Å²) in [5.41, 5.74) is 0. The van der Waals surface area contributed by atoms with E-state index in [1.807, 2.05) is 14.1 Å². The molecule has 0 aromatic heterocycles. The van der Waals surface area contributed by atoms with Crippen LogP contribution in [0, 0.1) is 107 Å². The van der Waals surface area contributed by atoms with Crippen LogP contribution in [-0.4, -0.2) is 48.3 Å². The van der Waals surface area contributed by atoms with Gasteiger partial charge in [0.15, 0.2) is 6.04 Å². The molecule has 0 aliphatic rings. The highest BCUT2D eigenvalue weighted by molar-refractivity contribution is 6.56. The summed E-state index contributed by atoms with van der Waals surface area (Å²) in [6.45, 7) is 0.549. The molecule has 0 atom stereocenters. The minimum Gasteiger partial charge on any atom is -0.390 e. The molecule has 0 radical (unpaired) electrons. The summed E-state index contributed by atoms with van der Waals surface area (Å²) >= 11 is 0. The van der Waals surface area contributed by atoms with Crippen molar-refractivity contribution >= 4 is 8.80 Å². The van der Waals surface area contributed by atoms with Gasteiger partial charge in [0.1, 0.15) is 0 Å². The molecule has 0 saturated heterocycles. The molecule has 4 nitrogen and oxygen atoms in total. The Bertz CT molecular complexity index is 1100. The van der Waals surface area contributed by atoms with E-state index >= 15 is 0 Å². The zero-order valence-electron chi connectivity index (χ0n) is 15.5. The maximum absolute atomic E-state index is 8.97. The number of hydrogen-bond donors (Lipinski definition) is 3. The van der Waals surface area contributed by atoms with Gasteiger partial charge in [-0.05, 0) is 47.4 Å². The SMILES string of the molecule is C#CC#CC#CC#CC#CC#CC#CC#CC#C[N+](C)(C)CCC[Si](O)(O)O. The fraction of sp³-hybridized carbons (Fsp3) is 0.217. The lowest BCUT2D eigenvalue weighted by atomic mass is 10.4. The third-order valence-corrected chi connectivity index (χ3v) is 3.56. The van der Waals surface area contributed by atoms with Crippen molar-refractivity contribution in [2.75, 3.05) is 20.6 Å². The predicted molar refractivity (Wildman–Crippen MR) is 110 cm³/mol. The lowest BCUT2D eigenvalue weighted by Crippen LogP contribution is -2.39. The minimum absolute atomic E-state index is 0.0186. The first-order valence-corrected chi connectivity index (χ1v) is 9.80. The second-order valence-electron chi connectivity index (χ2n) is 5.42. The Labute approximate surface area is 168 Å². The lowest BCUT2D eigenvalue weighted by Gasteiger charge is -2.21. The molecule has 5 heteroatoms. The van der Waals surface area contributed by atoms with E-state index < -0.39 is 8.80 Å². The highest BCUT2D eigenvalue weighted by atomic mass is 28.4. The second kappa shape index (κ2) is 14.3. The van der Waals surface area contributed by atoms with Crippen molar-refractivity contribution in [2.45, 2.75) is 12.5 Å². The molecule has 0 unspecified atom stereocenters. The fourth-order valence-electron chi connectivity index (χ4n) is 1.39. The Kier molecular flexibility index (Phi) is 12.3. The van der Waals surface area contributed by atoms with Crippen LogP contribution in [0.2, 0.25) is 6.04 Å². The summed E-state index contributed by atoms with van der Waals surface area (Å²) in [6, 6.07) is 2.89. The largest absolute Gasteiger partial charge is 0.492 e. The van der Waals surface area contributed by atoms with Crippen molar-refractivity contribution < 1.29 is 18.9 Å². The zero-order chi connectivity index (χ0) is 21.1. The van der Waals surface area contributed by atoms with E-state index in [9.17, 15) is 0 Å². The first-order chi connectivity index (χ1) is 13.3. The van der Waals surface area contributed by atoms with E-state index in [1.54, 1.807) is 0 Å². The lowest BCUT2D eigenvalue weighted by molar-refractivity contribution is -0.822. The van der Waals surface area contributed by atoms with Gasteiger partial charge in [0.05, 0.1) is 26.6 Å². The van der Waals surface area contributed by atoms with Crippen molar-refractivity contribution in [1.82, 2.24) is 0 Å². The van der Waals surface area contributed by atoms with Crippen LogP contribution in [0.15, 0.2) is 0 Å². The Balaban J connectivity index is 4.48. The Morgan fingerprint density at radius 3 is 1.36 bits per heavy atom. The molecule has 0 fully saturated rings. The van der Waals surface area contributed by atoms with E-state index in [0.717, 1.165) is 0 Å². The van der Waals surface area contributed by atoms with E-state index in [1.165, 1.54) is 0 Å². The molecule has 0 saturated carbocycles. The van der Waals surface area contributed by atoms with Crippen LogP contribution in [0.4, 0.5) is 0 Å². The molecule has 3 N–H and O–H groups in total. The van der Waals surface area contributed by atoms with Crippen molar-refractivity contribution in [3.8, 4) is 107 Å². The standard InChI is InChI=1S/C23H16NO3Si/c1-4-5-6-7-8-9-10-11-12-13-14-15-16-17-18-19-21-24(2,3)22-20-23-28(25,26)27/h1,25-27H,20,22-23H2,2-3H3/q+1. The van der Waals surface area contributed by atoms with Crippen LogP contribution >= 0.6 is 0 Å². The summed E-state index contributed by atoms with van der Waals surface area (Å²) < 4.78 is 0.309. The van der Waals surface area contributed by atoms with E-state index in [4.69, 9.17) is 20.8 Å². The Morgan fingerprint density at radius 2 is 1.00 bits per heavy atom. The van der Waals surface area contributed by atoms with Crippen LogP contribution in [-0.2, 0) is 0 Å². The van der Waals surface area contributed by atoms with Crippen LogP contribution in [0.1, 0.15) is 6.42 Å². The molecule has 0 aliphatic heterocycles. The van der Waals surface area contributed by atoms with Crippen molar-refractivity contribution in [3.63, 3.8) is 0 Å². The fourth-order valence-corrected chi connectivity index (χ4v) is 2.02. The maximum Gasteiger partial charge on any atom is 0.492 e. The van der Waals surface area contributed by atoms with E-state index in [0.29, 0.717) is 17.4 Å². The summed E-state index contributed by atoms with van der Waals surface area (Å²) in [4.78, 5) is 26.9. The van der Waals surface area contributed by atoms with Crippen molar-refractivity contribution in [3.05, 3.63) is 0 Å². The van der Waals surface area contributed by atoms with Crippen LogP contribution in [0.5, 0.6) is 0 Å². The molecule has 28 heavy (non-hydrogen) atoms. The van der Waals surface area contributed by atoms with Gasteiger partial charge in [-0.15, -0.1) is 6.42 Å². The smallest absolute Gasteiger partial charge is 0.390 e. The molecule has 134 valence electrons. The maximum atomic E-state index is 8.97. The quantitative estimate of drug-likeness (QED) is 0.332. The molecule has 0 aromatic carbocycles. The van der Waals surface area contributed by atoms with Gasteiger partial charge in [-0.1, -0.05) is 0 Å². The topological polar surface area (TPSA) is 60.7 Å². The van der Waals surface area contributed by atoms with Crippen molar-refractivity contribution in [1.29, 1.82) is 0 Å². The van der Waals surface area contributed by atoms with Gasteiger partial charge in [0.25, 0.3) is 0 Å². The minimum atomic E-state index is -3.98. The molecule has 0 aliphatic carbocycles. The van der Waals surface area contributed by atoms with E-state index in [2.05, 4.69) is 101 Å². The molecule has 0 amide bonds. The number of terminal acetylenes is 1. The van der Waals surface area contributed by atoms with Gasteiger partial charge in [0, 0.05) is 53.9 Å². The van der Waals surface area contributed by atoms with Crippen molar-refractivity contribution in [2.24, 2.45) is 0 Å². The number of nitrogens with zero attached hydrogens (tertiary/aromatic N) is 1. The average molecular weight is 382 g/mol. The van der Waals surface area contributed by atoms with Gasteiger partial charge in [0.2, 0.25) is 0 Å². The van der Waals surface area contributed by atoms with Gasteiger partial charge in [-0.3, -0.25) is 4.48 Å². The summed E-state index contributed by atoms with van der Waals surface area (Å²) in [5.74, 6) is 39.5. The number of rotatable bonds is 4. The highest BCUT2D eigenvalue weighted by Crippen LogP contribution is 2.05. The molecule has 0 aromatic rings. The third kappa shape index (κ3) is 18.4. The average Bonchev–Trinajstić information content (AvgIpc) is 2.60. The van der Waals surface area contributed by atoms with E-state index in [-0.39, 0.29) is 6.04 Å². The third-order valence-electron chi connectivity index (χ3n) is 2.54. The molecule has 0 spiro atoms. The molecule has 0 rings (SSSR count). The molecule has 0 heterocycles. The molecular weight excluding hydrogens is 366 g/mol. The normalized spacial score (nSPS) is 7.71. The number of hydrogen-bond acceptors (Lipinski definition) is 3. The van der Waals surface area contributed by atoms with Crippen LogP contribution < -0.4 is 0 Å². The van der Waals surface area contributed by atoms with Gasteiger partial charge < -0.3 is 14.4 Å². The molecular formula is C23H16NO3Si+. The first-order valence-electron chi connectivity index (χ1n) is 7.75. The Morgan fingerprint density at radius 1 is 0.643 bits per heavy atom. The van der Waals surface area contributed by atoms with Crippen LogP contribution in [0.3, 0.4) is 0 Å². The summed E-state index contributed by atoms with van der Waals surface area (Å²) in [5, 5.41) is 0. The predicted octanol–water partition coefficient (Wildman–Crippen LogP) is -1.01. The second-order valence-corrected chi connectivity index (χ2v) is 7.47. The van der Waals surface area contributed by atoms with Gasteiger partial charge in [-0.25, -0.2) is 0 Å². The summed E-state index contributed by atoms with van der Waals surface area (Å²) in [7, 11) is -0.291. The monoisotopic (exact) mass is 382 g/mol. The summed E-state index contributed by atoms with van der Waals surface area (Å²) in [6.07, 6.45) is 5.36. The van der Waals surface area contributed by atoms with Gasteiger partial charge >= 0.3 is 8.80 Å². The highest BCUT2D eigenvalue weighted by Gasteiger charge is 2.27. The Hall–Kier alpha value is -3.90. The first kappa shape index (κ1) is 24.1. The zero-order valence-corrected chi connectivity index (χ0v) is 16.5. The van der Waals surface area contributed by atoms with Gasteiger partial charge in [-0.2, -0.15) is 0 Å². The molecule has 0 bridgehead atoms.